The number of carbonyl (C=O) groups excluding carboxylic acids is 1. The molecule has 26 heavy (non-hydrogen) atoms. The van der Waals surface area contributed by atoms with Crippen molar-refractivity contribution in [2.45, 2.75) is 37.7 Å². The summed E-state index contributed by atoms with van der Waals surface area (Å²) in [5.74, 6) is 0.117. The van der Waals surface area contributed by atoms with Crippen LogP contribution in [0.3, 0.4) is 0 Å². The molecule has 140 valence electrons. The maximum absolute atomic E-state index is 12.8. The minimum atomic E-state index is -0.853. The van der Waals surface area contributed by atoms with E-state index in [-0.39, 0.29) is 26.4 Å². The molecule has 0 bridgehead atoms. The molecule has 0 aromatic heterocycles. The van der Waals surface area contributed by atoms with E-state index in [1.165, 1.54) is 4.46 Å². The van der Waals surface area contributed by atoms with Crippen molar-refractivity contribution in [2.75, 3.05) is 7.11 Å². The number of rotatable bonds is 7. The Hall–Kier alpha value is -1.81. The number of hydrogen-bond donors (Lipinski definition) is 2. The zero-order chi connectivity index (χ0) is 19.2. The zero-order valence-electron chi connectivity index (χ0n) is 15.7. The van der Waals surface area contributed by atoms with Crippen LogP contribution in [0.5, 0.6) is 5.75 Å². The Kier molecular flexibility index (Phi) is 7.27. The van der Waals surface area contributed by atoms with Gasteiger partial charge in [-0.1, -0.05) is 0 Å². The molecule has 0 spiro atoms. The third-order valence-corrected chi connectivity index (χ3v) is 6.22. The molecule has 2 N–H and O–H groups in total. The SMILES string of the molecule is COc1ccc([C@@H](O)[C@H](C[Se]c2ccccc2)C(=O)NC(C)(C)C)cc1. The second-order valence-electron chi connectivity index (χ2n) is 7.19. The molecule has 0 heterocycles. The molecule has 2 aromatic rings. The normalized spacial score (nSPS) is 13.7. The minimum absolute atomic E-state index is 0.106. The van der Waals surface area contributed by atoms with Gasteiger partial charge in [-0.3, -0.25) is 0 Å². The van der Waals surface area contributed by atoms with Crippen LogP contribution in [0.25, 0.3) is 0 Å². The third-order valence-electron chi connectivity index (χ3n) is 3.85. The fourth-order valence-electron chi connectivity index (χ4n) is 2.51. The van der Waals surface area contributed by atoms with Crippen LogP contribution >= 0.6 is 0 Å². The van der Waals surface area contributed by atoms with Gasteiger partial charge < -0.3 is 0 Å². The Morgan fingerprint density at radius 2 is 1.73 bits per heavy atom. The second-order valence-corrected chi connectivity index (χ2v) is 9.48. The summed E-state index contributed by atoms with van der Waals surface area (Å²) in [6, 6.07) is 17.4. The maximum atomic E-state index is 12.8. The second kappa shape index (κ2) is 9.22. The van der Waals surface area contributed by atoms with Crippen molar-refractivity contribution in [3.05, 3.63) is 60.2 Å². The van der Waals surface area contributed by atoms with Gasteiger partial charge in [0.2, 0.25) is 0 Å². The molecule has 2 aromatic carbocycles. The summed E-state index contributed by atoms with van der Waals surface area (Å²) in [6.07, 6.45) is -0.853. The molecule has 1 amide bonds. The average molecular weight is 420 g/mol. The van der Waals surface area contributed by atoms with Crippen LogP contribution in [-0.2, 0) is 4.79 Å². The van der Waals surface area contributed by atoms with Crippen molar-refractivity contribution < 1.29 is 14.6 Å². The van der Waals surface area contributed by atoms with Gasteiger partial charge in [-0.15, -0.1) is 0 Å². The summed E-state index contributed by atoms with van der Waals surface area (Å²) in [5, 5.41) is 14.5. The molecule has 0 radical (unpaired) electrons. The molecule has 2 atom stereocenters. The molecule has 0 fully saturated rings. The van der Waals surface area contributed by atoms with E-state index in [2.05, 4.69) is 17.4 Å². The van der Waals surface area contributed by atoms with Gasteiger partial charge >= 0.3 is 162 Å². The summed E-state index contributed by atoms with van der Waals surface area (Å²) < 4.78 is 6.39. The van der Waals surface area contributed by atoms with E-state index in [1.54, 1.807) is 19.2 Å². The first-order valence-corrected chi connectivity index (χ1v) is 10.7. The predicted octanol–water partition coefficient (Wildman–Crippen LogP) is 2.71. The Bertz CT molecular complexity index is 695. The van der Waals surface area contributed by atoms with Gasteiger partial charge in [0.1, 0.15) is 0 Å². The van der Waals surface area contributed by atoms with Crippen LogP contribution in [0.15, 0.2) is 54.6 Å². The number of benzene rings is 2. The van der Waals surface area contributed by atoms with Gasteiger partial charge in [-0.25, -0.2) is 0 Å². The van der Waals surface area contributed by atoms with Gasteiger partial charge in [0, 0.05) is 0 Å². The monoisotopic (exact) mass is 421 g/mol. The fraction of sp³-hybridized carbons (Fsp3) is 0.381. The number of methoxy groups -OCH3 is 1. The van der Waals surface area contributed by atoms with Crippen molar-refractivity contribution in [3.63, 3.8) is 0 Å². The molecule has 4 nitrogen and oxygen atoms in total. The van der Waals surface area contributed by atoms with Gasteiger partial charge in [0.15, 0.2) is 0 Å². The van der Waals surface area contributed by atoms with Crippen molar-refractivity contribution in [3.8, 4) is 5.75 Å². The quantitative estimate of drug-likeness (QED) is 0.678. The Labute approximate surface area is 162 Å². The summed E-state index contributed by atoms with van der Waals surface area (Å²) >= 11 is 0.106. The molecule has 0 aliphatic heterocycles. The third kappa shape index (κ3) is 6.17. The Morgan fingerprint density at radius 1 is 1.12 bits per heavy atom. The van der Waals surface area contributed by atoms with E-state index in [4.69, 9.17) is 4.74 Å². The molecular weight excluding hydrogens is 393 g/mol. The van der Waals surface area contributed by atoms with E-state index >= 15 is 0 Å². The molecule has 0 aliphatic carbocycles. The van der Waals surface area contributed by atoms with Crippen molar-refractivity contribution in [1.29, 1.82) is 0 Å². The van der Waals surface area contributed by atoms with Crippen LogP contribution in [0, 0.1) is 5.92 Å². The number of aliphatic hydroxyl groups excluding tert-OH is 1. The van der Waals surface area contributed by atoms with Gasteiger partial charge in [-0.2, -0.15) is 0 Å². The van der Waals surface area contributed by atoms with Crippen LogP contribution in [0.2, 0.25) is 5.32 Å². The first-order chi connectivity index (χ1) is 12.3. The average Bonchev–Trinajstić information content (AvgIpc) is 2.61. The van der Waals surface area contributed by atoms with Crippen LogP contribution in [0.1, 0.15) is 32.4 Å². The van der Waals surface area contributed by atoms with Crippen molar-refractivity contribution in [2.24, 2.45) is 5.92 Å². The summed E-state index contributed by atoms with van der Waals surface area (Å²) in [7, 11) is 1.60. The molecule has 0 unspecified atom stereocenters. The van der Waals surface area contributed by atoms with Crippen LogP contribution < -0.4 is 14.5 Å². The number of nitrogens with one attached hydrogen (secondary N) is 1. The molecule has 0 saturated heterocycles. The van der Waals surface area contributed by atoms with E-state index in [9.17, 15) is 9.90 Å². The molecule has 2 rings (SSSR count). The van der Waals surface area contributed by atoms with Crippen LogP contribution in [-0.4, -0.2) is 38.6 Å². The summed E-state index contributed by atoms with van der Waals surface area (Å²) in [6.45, 7) is 5.85. The number of hydrogen-bond acceptors (Lipinski definition) is 3. The number of ether oxygens (including phenoxy) is 1. The Balaban J connectivity index is 2.18. The van der Waals surface area contributed by atoms with E-state index in [0.717, 1.165) is 11.3 Å². The zero-order valence-corrected chi connectivity index (χ0v) is 17.4. The van der Waals surface area contributed by atoms with Gasteiger partial charge in [0.05, 0.1) is 0 Å². The van der Waals surface area contributed by atoms with Gasteiger partial charge in [0.25, 0.3) is 0 Å². The summed E-state index contributed by atoms with van der Waals surface area (Å²) in [4.78, 5) is 12.8. The number of carbonyl (C=O) groups is 1. The molecule has 0 saturated carbocycles. The van der Waals surface area contributed by atoms with Crippen LogP contribution in [0.4, 0.5) is 0 Å². The van der Waals surface area contributed by atoms with E-state index < -0.39 is 12.0 Å². The van der Waals surface area contributed by atoms with Crippen molar-refractivity contribution >= 4 is 25.3 Å². The fourth-order valence-corrected chi connectivity index (χ4v) is 4.72. The van der Waals surface area contributed by atoms with Crippen molar-refractivity contribution in [1.82, 2.24) is 5.32 Å². The molecular formula is C21H27NO3Se. The first kappa shape index (κ1) is 20.5. The van der Waals surface area contributed by atoms with Gasteiger partial charge in [-0.05, 0) is 0 Å². The molecule has 0 aliphatic rings. The number of amides is 1. The predicted molar refractivity (Wildman–Crippen MR) is 106 cm³/mol. The standard InChI is InChI=1S/C21H27NO3Se/c1-21(2,3)22-20(24)18(14-26-17-8-6-5-7-9-17)19(23)15-10-12-16(25-4)13-11-15/h5-13,18-19,23H,14H2,1-4H3,(H,22,24)/t18-,19+/m0/s1. The first-order valence-electron chi connectivity index (χ1n) is 8.62. The van der Waals surface area contributed by atoms with E-state index in [1.807, 2.05) is 51.1 Å². The number of aliphatic hydroxyl groups is 1. The topological polar surface area (TPSA) is 58.6 Å². The summed E-state index contributed by atoms with van der Waals surface area (Å²) in [5.41, 5.74) is 0.387. The Morgan fingerprint density at radius 3 is 2.27 bits per heavy atom. The van der Waals surface area contributed by atoms with E-state index in [0.29, 0.717) is 5.32 Å². The molecule has 5 heteroatoms.